The molecule has 0 bridgehead atoms. The van der Waals surface area contributed by atoms with Gasteiger partial charge in [-0.1, -0.05) is 11.8 Å². The lowest BCUT2D eigenvalue weighted by Gasteiger charge is -2.31. The van der Waals surface area contributed by atoms with Crippen LogP contribution in [0.4, 0.5) is 0 Å². The standard InChI is InChI=1S/C14H18N2O2/c1-17-13-4-3-12(11-16-13)5-6-14(18-2)7-9-15-10-8-14/h3-4,11,15H,7-10H2,1-2H3. The molecule has 0 amide bonds. The predicted molar refractivity (Wildman–Crippen MR) is 69.5 cm³/mol. The van der Waals surface area contributed by atoms with Crippen molar-refractivity contribution >= 4 is 0 Å². The van der Waals surface area contributed by atoms with Gasteiger partial charge in [-0.3, -0.25) is 0 Å². The highest BCUT2D eigenvalue weighted by molar-refractivity contribution is 5.36. The van der Waals surface area contributed by atoms with Crippen LogP contribution < -0.4 is 10.1 Å². The molecule has 18 heavy (non-hydrogen) atoms. The Hall–Kier alpha value is -1.57. The van der Waals surface area contributed by atoms with Gasteiger partial charge < -0.3 is 14.8 Å². The second kappa shape index (κ2) is 5.85. The maximum absolute atomic E-state index is 5.59. The molecule has 0 radical (unpaired) electrons. The molecule has 2 heterocycles. The van der Waals surface area contributed by atoms with Crippen LogP contribution in [-0.2, 0) is 4.74 Å². The van der Waals surface area contributed by atoms with Gasteiger partial charge in [0.05, 0.1) is 7.11 Å². The van der Waals surface area contributed by atoms with Gasteiger partial charge in [-0.05, 0) is 19.2 Å². The van der Waals surface area contributed by atoms with Gasteiger partial charge in [0.15, 0.2) is 0 Å². The number of aromatic nitrogens is 1. The topological polar surface area (TPSA) is 43.4 Å². The summed E-state index contributed by atoms with van der Waals surface area (Å²) in [6.07, 6.45) is 3.55. The highest BCUT2D eigenvalue weighted by Gasteiger charge is 2.29. The first-order valence-corrected chi connectivity index (χ1v) is 6.07. The first kappa shape index (κ1) is 12.9. The van der Waals surface area contributed by atoms with Crippen molar-refractivity contribution in [2.24, 2.45) is 0 Å². The zero-order valence-electron chi connectivity index (χ0n) is 10.8. The fourth-order valence-electron chi connectivity index (χ4n) is 1.97. The van der Waals surface area contributed by atoms with Crippen LogP contribution in [0, 0.1) is 11.8 Å². The summed E-state index contributed by atoms with van der Waals surface area (Å²) in [5.41, 5.74) is 0.566. The molecule has 1 aromatic heterocycles. The molecule has 0 spiro atoms. The van der Waals surface area contributed by atoms with E-state index in [0.29, 0.717) is 5.88 Å². The van der Waals surface area contributed by atoms with Crippen molar-refractivity contribution in [1.29, 1.82) is 0 Å². The minimum absolute atomic E-state index is 0.314. The van der Waals surface area contributed by atoms with Crippen molar-refractivity contribution in [3.8, 4) is 17.7 Å². The third-order valence-electron chi connectivity index (χ3n) is 3.18. The number of ether oxygens (including phenoxy) is 2. The molecule has 1 fully saturated rings. The third-order valence-corrected chi connectivity index (χ3v) is 3.18. The lowest BCUT2D eigenvalue weighted by Crippen LogP contribution is -2.42. The third kappa shape index (κ3) is 3.00. The van der Waals surface area contributed by atoms with E-state index in [1.807, 2.05) is 12.1 Å². The molecule has 4 heteroatoms. The summed E-state index contributed by atoms with van der Waals surface area (Å²) in [7, 11) is 3.33. The Labute approximate surface area is 108 Å². The molecule has 0 aliphatic carbocycles. The maximum atomic E-state index is 5.59. The van der Waals surface area contributed by atoms with Crippen molar-refractivity contribution in [2.75, 3.05) is 27.3 Å². The van der Waals surface area contributed by atoms with E-state index >= 15 is 0 Å². The number of methoxy groups -OCH3 is 2. The van der Waals surface area contributed by atoms with Gasteiger partial charge in [0.25, 0.3) is 0 Å². The van der Waals surface area contributed by atoms with Gasteiger partial charge in [0.2, 0.25) is 5.88 Å². The second-order valence-corrected chi connectivity index (χ2v) is 4.29. The normalized spacial score (nSPS) is 17.7. The summed E-state index contributed by atoms with van der Waals surface area (Å²) < 4.78 is 10.6. The van der Waals surface area contributed by atoms with Gasteiger partial charge in [-0.25, -0.2) is 4.98 Å². The Bertz CT molecular complexity index is 439. The summed E-state index contributed by atoms with van der Waals surface area (Å²) in [6.45, 7) is 1.90. The zero-order chi connectivity index (χ0) is 12.8. The van der Waals surface area contributed by atoms with E-state index in [1.165, 1.54) is 0 Å². The SMILES string of the molecule is COc1ccc(C#CC2(OC)CCNCC2)cn1. The number of nitrogens with one attached hydrogen (secondary N) is 1. The Morgan fingerprint density at radius 1 is 1.28 bits per heavy atom. The highest BCUT2D eigenvalue weighted by atomic mass is 16.5. The number of piperidine rings is 1. The summed E-state index contributed by atoms with van der Waals surface area (Å²) in [5, 5.41) is 3.31. The van der Waals surface area contributed by atoms with Gasteiger partial charge in [0.1, 0.15) is 5.60 Å². The van der Waals surface area contributed by atoms with E-state index < -0.39 is 0 Å². The highest BCUT2D eigenvalue weighted by Crippen LogP contribution is 2.21. The summed E-state index contributed by atoms with van der Waals surface area (Å²) in [6, 6.07) is 3.72. The molecule has 0 atom stereocenters. The van der Waals surface area contributed by atoms with Crippen molar-refractivity contribution < 1.29 is 9.47 Å². The molecular weight excluding hydrogens is 228 g/mol. The fourth-order valence-corrected chi connectivity index (χ4v) is 1.97. The number of rotatable bonds is 2. The van der Waals surface area contributed by atoms with Crippen LogP contribution >= 0.6 is 0 Å². The maximum Gasteiger partial charge on any atom is 0.212 e. The van der Waals surface area contributed by atoms with Crippen LogP contribution in [0.15, 0.2) is 18.3 Å². The number of pyridine rings is 1. The Kier molecular flexibility index (Phi) is 4.19. The van der Waals surface area contributed by atoms with Gasteiger partial charge in [0, 0.05) is 37.8 Å². The van der Waals surface area contributed by atoms with E-state index in [4.69, 9.17) is 9.47 Å². The summed E-state index contributed by atoms with van der Waals surface area (Å²) in [5.74, 6) is 6.98. The van der Waals surface area contributed by atoms with Gasteiger partial charge in [-0.2, -0.15) is 0 Å². The number of nitrogens with zero attached hydrogens (tertiary/aromatic N) is 1. The molecule has 0 aromatic carbocycles. The van der Waals surface area contributed by atoms with Gasteiger partial charge in [-0.15, -0.1) is 0 Å². The molecule has 2 rings (SSSR count). The zero-order valence-corrected chi connectivity index (χ0v) is 10.8. The van der Waals surface area contributed by atoms with Crippen LogP contribution in [0.1, 0.15) is 18.4 Å². The monoisotopic (exact) mass is 246 g/mol. The molecule has 1 aliphatic rings. The smallest absolute Gasteiger partial charge is 0.212 e. The first-order valence-electron chi connectivity index (χ1n) is 6.07. The molecule has 1 N–H and O–H groups in total. The average Bonchev–Trinajstić information content (AvgIpc) is 2.47. The lowest BCUT2D eigenvalue weighted by molar-refractivity contribution is 0.0159. The lowest BCUT2D eigenvalue weighted by atomic mass is 9.92. The molecule has 1 aromatic rings. The van der Waals surface area contributed by atoms with E-state index in [0.717, 1.165) is 31.5 Å². The van der Waals surface area contributed by atoms with E-state index in [-0.39, 0.29) is 5.60 Å². The Balaban J connectivity index is 2.13. The average molecular weight is 246 g/mol. The van der Waals surface area contributed by atoms with Crippen LogP contribution in [0.2, 0.25) is 0 Å². The molecule has 0 saturated carbocycles. The van der Waals surface area contributed by atoms with Crippen molar-refractivity contribution in [3.05, 3.63) is 23.9 Å². The van der Waals surface area contributed by atoms with Crippen LogP contribution in [0.25, 0.3) is 0 Å². The largest absolute Gasteiger partial charge is 0.481 e. The van der Waals surface area contributed by atoms with Crippen molar-refractivity contribution in [1.82, 2.24) is 10.3 Å². The summed E-state index contributed by atoms with van der Waals surface area (Å²) >= 11 is 0. The first-order chi connectivity index (χ1) is 8.78. The minimum atomic E-state index is -0.314. The van der Waals surface area contributed by atoms with Crippen LogP contribution in [0.3, 0.4) is 0 Å². The molecule has 4 nitrogen and oxygen atoms in total. The van der Waals surface area contributed by atoms with E-state index in [1.54, 1.807) is 20.4 Å². The van der Waals surface area contributed by atoms with Gasteiger partial charge >= 0.3 is 0 Å². The minimum Gasteiger partial charge on any atom is -0.481 e. The second-order valence-electron chi connectivity index (χ2n) is 4.29. The molecule has 1 saturated heterocycles. The van der Waals surface area contributed by atoms with Crippen LogP contribution in [-0.4, -0.2) is 37.9 Å². The summed E-state index contributed by atoms with van der Waals surface area (Å²) in [4.78, 5) is 4.13. The molecule has 96 valence electrons. The molecular formula is C14H18N2O2. The fraction of sp³-hybridized carbons (Fsp3) is 0.500. The molecule has 1 aliphatic heterocycles. The van der Waals surface area contributed by atoms with E-state index in [2.05, 4.69) is 22.1 Å². The Morgan fingerprint density at radius 2 is 2.06 bits per heavy atom. The Morgan fingerprint density at radius 3 is 2.61 bits per heavy atom. The number of hydrogen-bond acceptors (Lipinski definition) is 4. The van der Waals surface area contributed by atoms with E-state index in [9.17, 15) is 0 Å². The predicted octanol–water partition coefficient (Wildman–Crippen LogP) is 1.21. The molecule has 0 unspecified atom stereocenters. The number of hydrogen-bond donors (Lipinski definition) is 1. The van der Waals surface area contributed by atoms with Crippen molar-refractivity contribution in [2.45, 2.75) is 18.4 Å². The van der Waals surface area contributed by atoms with Crippen LogP contribution in [0.5, 0.6) is 5.88 Å². The van der Waals surface area contributed by atoms with Crippen molar-refractivity contribution in [3.63, 3.8) is 0 Å². The quantitative estimate of drug-likeness (QED) is 0.797.